The van der Waals surface area contributed by atoms with E-state index in [1.807, 2.05) is 0 Å². The molecule has 0 fully saturated rings. The zero-order chi connectivity index (χ0) is 12.2. The van der Waals surface area contributed by atoms with Crippen molar-refractivity contribution in [2.45, 2.75) is 0 Å². The number of rotatable bonds is 4. The van der Waals surface area contributed by atoms with E-state index in [9.17, 15) is 13.2 Å². The monoisotopic (exact) mass is 244 g/mol. The summed E-state index contributed by atoms with van der Waals surface area (Å²) in [6.07, 6.45) is 1.10. The van der Waals surface area contributed by atoms with Crippen molar-refractivity contribution >= 4 is 21.6 Å². The fourth-order valence-corrected chi connectivity index (χ4v) is 1.38. The van der Waals surface area contributed by atoms with Gasteiger partial charge in [-0.2, -0.15) is 0 Å². The molecule has 16 heavy (non-hydrogen) atoms. The van der Waals surface area contributed by atoms with E-state index in [1.54, 1.807) is 0 Å². The first-order valence-electron chi connectivity index (χ1n) is 4.43. The van der Waals surface area contributed by atoms with E-state index in [1.165, 1.54) is 12.1 Å². The third-order valence-corrected chi connectivity index (χ3v) is 2.62. The number of nitrogen functional groups attached to an aromatic ring is 1. The summed E-state index contributed by atoms with van der Waals surface area (Å²) in [5.74, 6) is -0.370. The van der Waals surface area contributed by atoms with Crippen LogP contribution in [0.5, 0.6) is 0 Å². The average molecular weight is 244 g/mol. The van der Waals surface area contributed by atoms with Crippen molar-refractivity contribution in [3.05, 3.63) is 17.8 Å². The van der Waals surface area contributed by atoms with Crippen LogP contribution in [-0.2, 0) is 9.84 Å². The Kier molecular flexibility index (Phi) is 3.78. The van der Waals surface area contributed by atoms with Crippen LogP contribution in [0.25, 0.3) is 0 Å². The number of hydrogen-bond acceptors (Lipinski definition) is 6. The van der Waals surface area contributed by atoms with E-state index in [2.05, 4.69) is 15.5 Å². The number of hydrogen-bond donors (Lipinski definition) is 2. The van der Waals surface area contributed by atoms with E-state index in [4.69, 9.17) is 5.73 Å². The Morgan fingerprint density at radius 2 is 2.12 bits per heavy atom. The third kappa shape index (κ3) is 4.22. The number of nitrogens with one attached hydrogen (secondary N) is 1. The number of carbonyl (C=O) groups is 1. The summed E-state index contributed by atoms with van der Waals surface area (Å²) < 4.78 is 21.6. The van der Waals surface area contributed by atoms with E-state index >= 15 is 0 Å². The van der Waals surface area contributed by atoms with Gasteiger partial charge in [0.15, 0.2) is 5.69 Å². The van der Waals surface area contributed by atoms with E-state index in [-0.39, 0.29) is 23.8 Å². The smallest absolute Gasteiger partial charge is 0.271 e. The minimum absolute atomic E-state index is 0.0454. The van der Waals surface area contributed by atoms with Gasteiger partial charge in [-0.3, -0.25) is 4.79 Å². The number of carbonyl (C=O) groups excluding carboxylic acids is 1. The van der Waals surface area contributed by atoms with Crippen LogP contribution in [-0.4, -0.2) is 43.1 Å². The lowest BCUT2D eigenvalue weighted by atomic mass is 10.3. The van der Waals surface area contributed by atoms with Crippen LogP contribution in [0.15, 0.2) is 12.1 Å². The van der Waals surface area contributed by atoms with Gasteiger partial charge in [-0.25, -0.2) is 8.42 Å². The molecule has 0 bridgehead atoms. The topological polar surface area (TPSA) is 115 Å². The van der Waals surface area contributed by atoms with Crippen molar-refractivity contribution in [1.29, 1.82) is 0 Å². The molecule has 0 aliphatic heterocycles. The Labute approximate surface area is 93.0 Å². The van der Waals surface area contributed by atoms with Gasteiger partial charge in [0.1, 0.15) is 15.7 Å². The van der Waals surface area contributed by atoms with Gasteiger partial charge in [-0.05, 0) is 12.1 Å². The fourth-order valence-electron chi connectivity index (χ4n) is 0.904. The fraction of sp³-hybridized carbons (Fsp3) is 0.375. The standard InChI is InChI=1S/C8H12N4O3S/c1-16(14,15)5-4-10-8(13)6-2-3-7(9)12-11-6/h2-3H,4-5H2,1H3,(H2,9,12)(H,10,13). The number of amides is 1. The van der Waals surface area contributed by atoms with Crippen molar-refractivity contribution in [3.8, 4) is 0 Å². The zero-order valence-electron chi connectivity index (χ0n) is 8.67. The van der Waals surface area contributed by atoms with E-state index in [0.717, 1.165) is 6.26 Å². The predicted octanol–water partition coefficient (Wildman–Crippen LogP) is -1.17. The highest BCUT2D eigenvalue weighted by molar-refractivity contribution is 7.90. The number of aromatic nitrogens is 2. The molecule has 7 nitrogen and oxygen atoms in total. The second-order valence-electron chi connectivity index (χ2n) is 3.23. The quantitative estimate of drug-likeness (QED) is 0.689. The van der Waals surface area contributed by atoms with Crippen molar-refractivity contribution in [1.82, 2.24) is 15.5 Å². The van der Waals surface area contributed by atoms with Crippen molar-refractivity contribution in [2.24, 2.45) is 0 Å². The molecule has 0 unspecified atom stereocenters. The summed E-state index contributed by atoms with van der Waals surface area (Å²) in [7, 11) is -3.08. The Balaban J connectivity index is 2.50. The van der Waals surface area contributed by atoms with Crippen LogP contribution in [0.4, 0.5) is 5.82 Å². The van der Waals surface area contributed by atoms with Crippen LogP contribution in [0.1, 0.15) is 10.5 Å². The lowest BCUT2D eigenvalue weighted by Gasteiger charge is -2.02. The lowest BCUT2D eigenvalue weighted by molar-refractivity contribution is 0.0950. The van der Waals surface area contributed by atoms with Gasteiger partial charge in [0.25, 0.3) is 5.91 Å². The number of nitrogens with two attached hydrogens (primary N) is 1. The minimum atomic E-state index is -3.08. The third-order valence-electron chi connectivity index (χ3n) is 1.68. The summed E-state index contributed by atoms with van der Waals surface area (Å²) in [6.45, 7) is 0.0454. The van der Waals surface area contributed by atoms with Gasteiger partial charge in [0, 0.05) is 12.8 Å². The van der Waals surface area contributed by atoms with Gasteiger partial charge in [-0.15, -0.1) is 10.2 Å². The molecule has 8 heteroatoms. The first-order valence-corrected chi connectivity index (χ1v) is 6.50. The summed E-state index contributed by atoms with van der Waals surface area (Å²) in [6, 6.07) is 2.86. The lowest BCUT2D eigenvalue weighted by Crippen LogP contribution is -2.29. The molecule has 1 rings (SSSR count). The van der Waals surface area contributed by atoms with Gasteiger partial charge in [-0.1, -0.05) is 0 Å². The van der Waals surface area contributed by atoms with Crippen LogP contribution >= 0.6 is 0 Å². The first-order chi connectivity index (χ1) is 7.38. The second-order valence-corrected chi connectivity index (χ2v) is 5.49. The van der Waals surface area contributed by atoms with E-state index < -0.39 is 15.7 Å². The summed E-state index contributed by atoms with van der Waals surface area (Å²) in [5, 5.41) is 9.48. The number of nitrogens with zero attached hydrogens (tertiary/aromatic N) is 2. The van der Waals surface area contributed by atoms with Gasteiger partial charge in [0.05, 0.1) is 5.75 Å². The Hall–Kier alpha value is -1.70. The first kappa shape index (κ1) is 12.4. The summed E-state index contributed by atoms with van der Waals surface area (Å²) >= 11 is 0. The highest BCUT2D eigenvalue weighted by Crippen LogP contribution is 1.96. The molecule has 1 amide bonds. The Morgan fingerprint density at radius 1 is 1.44 bits per heavy atom. The number of sulfone groups is 1. The Bertz CT molecular complexity index is 469. The predicted molar refractivity (Wildman–Crippen MR) is 58.5 cm³/mol. The molecular weight excluding hydrogens is 232 g/mol. The molecule has 88 valence electrons. The maximum absolute atomic E-state index is 11.4. The van der Waals surface area contributed by atoms with Gasteiger partial charge >= 0.3 is 0 Å². The molecule has 0 spiro atoms. The average Bonchev–Trinajstić information content (AvgIpc) is 2.16. The van der Waals surface area contributed by atoms with Crippen LogP contribution in [0.3, 0.4) is 0 Å². The molecular formula is C8H12N4O3S. The SMILES string of the molecule is CS(=O)(=O)CCNC(=O)c1ccc(N)nn1. The van der Waals surface area contributed by atoms with Crippen LogP contribution in [0, 0.1) is 0 Å². The molecule has 1 aromatic heterocycles. The summed E-state index contributed by atoms with van der Waals surface area (Å²) in [5.41, 5.74) is 5.40. The molecule has 0 aliphatic carbocycles. The molecule has 1 heterocycles. The normalized spacial score (nSPS) is 11.1. The maximum Gasteiger partial charge on any atom is 0.271 e. The van der Waals surface area contributed by atoms with Crippen molar-refractivity contribution in [2.75, 3.05) is 24.3 Å². The molecule has 0 radical (unpaired) electrons. The summed E-state index contributed by atoms with van der Waals surface area (Å²) in [4.78, 5) is 11.4. The Morgan fingerprint density at radius 3 is 2.62 bits per heavy atom. The molecule has 3 N–H and O–H groups in total. The molecule has 0 saturated heterocycles. The largest absolute Gasteiger partial charge is 0.382 e. The highest BCUT2D eigenvalue weighted by atomic mass is 32.2. The van der Waals surface area contributed by atoms with E-state index in [0.29, 0.717) is 0 Å². The highest BCUT2D eigenvalue weighted by Gasteiger charge is 2.08. The second kappa shape index (κ2) is 4.88. The van der Waals surface area contributed by atoms with Crippen LogP contribution in [0.2, 0.25) is 0 Å². The number of anilines is 1. The molecule has 0 saturated carbocycles. The molecule has 0 aromatic carbocycles. The van der Waals surface area contributed by atoms with Crippen molar-refractivity contribution in [3.63, 3.8) is 0 Å². The van der Waals surface area contributed by atoms with Crippen LogP contribution < -0.4 is 11.1 Å². The minimum Gasteiger partial charge on any atom is -0.382 e. The molecule has 0 atom stereocenters. The maximum atomic E-state index is 11.4. The zero-order valence-corrected chi connectivity index (χ0v) is 9.49. The van der Waals surface area contributed by atoms with Crippen molar-refractivity contribution < 1.29 is 13.2 Å². The molecule has 1 aromatic rings. The van der Waals surface area contributed by atoms with Gasteiger partial charge < -0.3 is 11.1 Å². The van der Waals surface area contributed by atoms with Gasteiger partial charge in [0.2, 0.25) is 0 Å². The molecule has 0 aliphatic rings.